The maximum absolute atomic E-state index is 12.2. The SMILES string of the molecule is O=C(NCc1ccccc1OCC1CC1)C1CCNCC1. The van der Waals surface area contributed by atoms with Gasteiger partial charge >= 0.3 is 0 Å². The van der Waals surface area contributed by atoms with Crippen LogP contribution in [0.3, 0.4) is 0 Å². The van der Waals surface area contributed by atoms with E-state index < -0.39 is 0 Å². The highest BCUT2D eigenvalue weighted by atomic mass is 16.5. The van der Waals surface area contributed by atoms with E-state index >= 15 is 0 Å². The quantitative estimate of drug-likeness (QED) is 0.843. The molecule has 3 rings (SSSR count). The van der Waals surface area contributed by atoms with Crippen LogP contribution < -0.4 is 15.4 Å². The highest BCUT2D eigenvalue weighted by molar-refractivity contribution is 5.78. The lowest BCUT2D eigenvalue weighted by atomic mass is 9.97. The van der Waals surface area contributed by atoms with Crippen LogP contribution in [0.4, 0.5) is 0 Å². The van der Waals surface area contributed by atoms with Gasteiger partial charge in [-0.05, 0) is 50.8 Å². The average Bonchev–Trinajstić information content (AvgIpc) is 3.36. The fraction of sp³-hybridized carbons (Fsp3) is 0.588. The van der Waals surface area contributed by atoms with Gasteiger partial charge in [-0.15, -0.1) is 0 Å². The van der Waals surface area contributed by atoms with E-state index in [0.717, 1.165) is 49.8 Å². The van der Waals surface area contributed by atoms with Crippen molar-refractivity contribution >= 4 is 5.91 Å². The van der Waals surface area contributed by atoms with Crippen molar-refractivity contribution in [1.29, 1.82) is 0 Å². The molecule has 1 saturated carbocycles. The number of benzene rings is 1. The Morgan fingerprint density at radius 2 is 1.95 bits per heavy atom. The van der Waals surface area contributed by atoms with Crippen molar-refractivity contribution in [2.45, 2.75) is 32.2 Å². The number of rotatable bonds is 6. The van der Waals surface area contributed by atoms with E-state index in [2.05, 4.69) is 10.6 Å². The summed E-state index contributed by atoms with van der Waals surface area (Å²) in [5, 5.41) is 6.35. The maximum Gasteiger partial charge on any atom is 0.223 e. The molecule has 0 radical (unpaired) electrons. The summed E-state index contributed by atoms with van der Waals surface area (Å²) in [5.41, 5.74) is 1.07. The number of ether oxygens (including phenoxy) is 1. The Labute approximate surface area is 126 Å². The first-order valence-corrected chi connectivity index (χ1v) is 8.02. The van der Waals surface area contributed by atoms with E-state index in [1.165, 1.54) is 12.8 Å². The highest BCUT2D eigenvalue weighted by Gasteiger charge is 2.23. The van der Waals surface area contributed by atoms with Gasteiger partial charge < -0.3 is 15.4 Å². The average molecular weight is 288 g/mol. The second-order valence-corrected chi connectivity index (χ2v) is 6.10. The molecule has 1 aliphatic heterocycles. The number of carbonyl (C=O) groups is 1. The molecule has 0 bridgehead atoms. The molecule has 1 saturated heterocycles. The Kier molecular flexibility index (Phi) is 4.76. The second-order valence-electron chi connectivity index (χ2n) is 6.10. The highest BCUT2D eigenvalue weighted by Crippen LogP contribution is 2.30. The Hall–Kier alpha value is -1.55. The summed E-state index contributed by atoms with van der Waals surface area (Å²) in [4.78, 5) is 12.2. The summed E-state index contributed by atoms with van der Waals surface area (Å²) in [6, 6.07) is 8.01. The van der Waals surface area contributed by atoms with Crippen molar-refractivity contribution in [3.8, 4) is 5.75 Å². The summed E-state index contributed by atoms with van der Waals surface area (Å²) < 4.78 is 5.88. The number of piperidine rings is 1. The Morgan fingerprint density at radius 1 is 1.19 bits per heavy atom. The van der Waals surface area contributed by atoms with Gasteiger partial charge in [0.05, 0.1) is 6.61 Å². The lowest BCUT2D eigenvalue weighted by Gasteiger charge is -2.22. The van der Waals surface area contributed by atoms with Gasteiger partial charge in [0, 0.05) is 18.0 Å². The standard InChI is InChI=1S/C17H24N2O2/c20-17(14-7-9-18-10-8-14)19-11-15-3-1-2-4-16(15)21-12-13-5-6-13/h1-4,13-14,18H,5-12H2,(H,19,20). The summed E-state index contributed by atoms with van der Waals surface area (Å²) in [6.45, 7) is 3.25. The van der Waals surface area contributed by atoms with Crippen molar-refractivity contribution in [1.82, 2.24) is 10.6 Å². The first-order chi connectivity index (χ1) is 10.3. The predicted octanol–water partition coefficient (Wildman–Crippen LogP) is 2.09. The van der Waals surface area contributed by atoms with Gasteiger partial charge in [0.25, 0.3) is 0 Å². The monoisotopic (exact) mass is 288 g/mol. The molecule has 0 spiro atoms. The molecule has 1 aliphatic carbocycles. The molecule has 2 N–H and O–H groups in total. The van der Waals surface area contributed by atoms with Crippen LogP contribution in [-0.4, -0.2) is 25.6 Å². The van der Waals surface area contributed by atoms with Crippen molar-refractivity contribution in [3.63, 3.8) is 0 Å². The fourth-order valence-corrected chi connectivity index (χ4v) is 2.69. The third kappa shape index (κ3) is 4.21. The normalized spacial score (nSPS) is 19.2. The van der Waals surface area contributed by atoms with Crippen LogP contribution in [0.1, 0.15) is 31.2 Å². The number of amides is 1. The third-order valence-electron chi connectivity index (χ3n) is 4.31. The number of hydrogen-bond acceptors (Lipinski definition) is 3. The Morgan fingerprint density at radius 3 is 2.71 bits per heavy atom. The molecule has 0 unspecified atom stereocenters. The van der Waals surface area contributed by atoms with Gasteiger partial charge in [-0.25, -0.2) is 0 Å². The van der Waals surface area contributed by atoms with Crippen LogP contribution in [0.2, 0.25) is 0 Å². The van der Waals surface area contributed by atoms with Crippen LogP contribution in [-0.2, 0) is 11.3 Å². The number of para-hydroxylation sites is 1. The maximum atomic E-state index is 12.2. The van der Waals surface area contributed by atoms with Crippen molar-refractivity contribution in [2.24, 2.45) is 11.8 Å². The van der Waals surface area contributed by atoms with Gasteiger partial charge in [-0.2, -0.15) is 0 Å². The minimum atomic E-state index is 0.158. The second kappa shape index (κ2) is 6.94. The summed E-state index contributed by atoms with van der Waals surface area (Å²) >= 11 is 0. The zero-order valence-electron chi connectivity index (χ0n) is 12.4. The molecular formula is C17H24N2O2. The molecule has 4 heteroatoms. The minimum Gasteiger partial charge on any atom is -0.493 e. The minimum absolute atomic E-state index is 0.158. The zero-order chi connectivity index (χ0) is 14.5. The van der Waals surface area contributed by atoms with Gasteiger partial charge in [0.1, 0.15) is 5.75 Å². The van der Waals surface area contributed by atoms with Crippen molar-refractivity contribution in [3.05, 3.63) is 29.8 Å². The van der Waals surface area contributed by atoms with E-state index in [4.69, 9.17) is 4.74 Å². The fourth-order valence-electron chi connectivity index (χ4n) is 2.69. The Balaban J connectivity index is 1.52. The smallest absolute Gasteiger partial charge is 0.223 e. The first kappa shape index (κ1) is 14.4. The molecule has 21 heavy (non-hydrogen) atoms. The van der Waals surface area contributed by atoms with E-state index in [9.17, 15) is 4.79 Å². The van der Waals surface area contributed by atoms with Crippen molar-refractivity contribution in [2.75, 3.05) is 19.7 Å². The molecule has 4 nitrogen and oxygen atoms in total. The molecule has 2 fully saturated rings. The molecule has 1 aromatic carbocycles. The van der Waals surface area contributed by atoms with Crippen LogP contribution in [0.15, 0.2) is 24.3 Å². The van der Waals surface area contributed by atoms with E-state index in [1.54, 1.807) is 0 Å². The van der Waals surface area contributed by atoms with Crippen LogP contribution in [0.25, 0.3) is 0 Å². The molecule has 2 aliphatic rings. The lowest BCUT2D eigenvalue weighted by molar-refractivity contribution is -0.125. The molecule has 1 amide bonds. The van der Waals surface area contributed by atoms with Crippen LogP contribution in [0, 0.1) is 11.8 Å². The largest absolute Gasteiger partial charge is 0.493 e. The van der Waals surface area contributed by atoms with Crippen LogP contribution >= 0.6 is 0 Å². The van der Waals surface area contributed by atoms with Gasteiger partial charge in [-0.1, -0.05) is 18.2 Å². The topological polar surface area (TPSA) is 50.4 Å². The lowest BCUT2D eigenvalue weighted by Crippen LogP contribution is -2.37. The van der Waals surface area contributed by atoms with Crippen LogP contribution in [0.5, 0.6) is 5.75 Å². The number of nitrogens with one attached hydrogen (secondary N) is 2. The number of carbonyl (C=O) groups excluding carboxylic acids is 1. The zero-order valence-corrected chi connectivity index (χ0v) is 12.4. The van der Waals surface area contributed by atoms with Gasteiger partial charge in [0.15, 0.2) is 0 Å². The number of hydrogen-bond donors (Lipinski definition) is 2. The van der Waals surface area contributed by atoms with Gasteiger partial charge in [-0.3, -0.25) is 4.79 Å². The molecule has 0 atom stereocenters. The Bertz CT molecular complexity index is 479. The predicted molar refractivity (Wildman–Crippen MR) is 82.1 cm³/mol. The van der Waals surface area contributed by atoms with E-state index in [1.807, 2.05) is 24.3 Å². The van der Waals surface area contributed by atoms with E-state index in [0.29, 0.717) is 6.54 Å². The molecule has 1 heterocycles. The van der Waals surface area contributed by atoms with Crippen molar-refractivity contribution < 1.29 is 9.53 Å². The molecule has 114 valence electrons. The molecular weight excluding hydrogens is 264 g/mol. The van der Waals surface area contributed by atoms with Gasteiger partial charge in [0.2, 0.25) is 5.91 Å². The van der Waals surface area contributed by atoms with E-state index in [-0.39, 0.29) is 11.8 Å². The summed E-state index contributed by atoms with van der Waals surface area (Å²) in [7, 11) is 0. The third-order valence-corrected chi connectivity index (χ3v) is 4.31. The summed E-state index contributed by atoms with van der Waals surface area (Å²) in [5.74, 6) is 1.98. The molecule has 1 aromatic rings. The summed E-state index contributed by atoms with van der Waals surface area (Å²) in [6.07, 6.45) is 4.44. The first-order valence-electron chi connectivity index (χ1n) is 8.02. The molecule has 0 aromatic heterocycles.